The molecular formula is C16H18F3NO4. The van der Waals surface area contributed by atoms with E-state index in [1.165, 1.54) is 32.2 Å². The van der Waals surface area contributed by atoms with Gasteiger partial charge < -0.3 is 14.8 Å². The van der Waals surface area contributed by atoms with E-state index in [2.05, 4.69) is 5.32 Å². The fourth-order valence-corrected chi connectivity index (χ4v) is 1.63. The van der Waals surface area contributed by atoms with E-state index in [4.69, 9.17) is 9.47 Å². The predicted octanol–water partition coefficient (Wildman–Crippen LogP) is 2.41. The van der Waals surface area contributed by atoms with E-state index in [-0.39, 0.29) is 0 Å². The normalized spacial score (nSPS) is 12.9. The Kier molecular flexibility index (Phi) is 7.44. The van der Waals surface area contributed by atoms with Gasteiger partial charge in [-0.25, -0.2) is 4.79 Å². The standard InChI is InChI=1S/C16H18F3NO4/c1-11(15(22)20-9-10-23-2)24-14(21)8-5-12-3-6-13(7-4-12)16(17,18)19/h3-8,11H,9-10H2,1-2H3,(H,20,22)/b8-5+/t11-/m0/s1. The van der Waals surface area contributed by atoms with E-state index in [1.807, 2.05) is 0 Å². The maximum atomic E-state index is 12.4. The summed E-state index contributed by atoms with van der Waals surface area (Å²) >= 11 is 0. The summed E-state index contributed by atoms with van der Waals surface area (Å²) in [6, 6.07) is 4.29. The lowest BCUT2D eigenvalue weighted by molar-refractivity contribution is -0.150. The minimum atomic E-state index is -4.41. The number of amides is 1. The zero-order valence-electron chi connectivity index (χ0n) is 13.2. The van der Waals surface area contributed by atoms with Gasteiger partial charge in [-0.1, -0.05) is 12.1 Å². The molecule has 0 unspecified atom stereocenters. The fourth-order valence-electron chi connectivity index (χ4n) is 1.63. The summed E-state index contributed by atoms with van der Waals surface area (Å²) < 4.78 is 46.9. The quantitative estimate of drug-likeness (QED) is 0.468. The molecule has 0 saturated carbocycles. The van der Waals surface area contributed by atoms with Gasteiger partial charge in [-0.3, -0.25) is 4.79 Å². The number of methoxy groups -OCH3 is 1. The summed E-state index contributed by atoms with van der Waals surface area (Å²) in [6.45, 7) is 2.03. The molecule has 1 rings (SSSR count). The van der Waals surface area contributed by atoms with Crippen molar-refractivity contribution in [3.63, 3.8) is 0 Å². The molecule has 1 amide bonds. The smallest absolute Gasteiger partial charge is 0.416 e. The molecule has 0 spiro atoms. The van der Waals surface area contributed by atoms with Crippen molar-refractivity contribution in [3.05, 3.63) is 41.5 Å². The van der Waals surface area contributed by atoms with Crippen molar-refractivity contribution in [3.8, 4) is 0 Å². The van der Waals surface area contributed by atoms with Gasteiger partial charge in [0, 0.05) is 19.7 Å². The third-order valence-corrected chi connectivity index (χ3v) is 2.92. The van der Waals surface area contributed by atoms with Gasteiger partial charge in [0.1, 0.15) is 0 Å². The van der Waals surface area contributed by atoms with Crippen molar-refractivity contribution < 1.29 is 32.2 Å². The van der Waals surface area contributed by atoms with Crippen LogP contribution in [-0.2, 0) is 25.2 Å². The summed E-state index contributed by atoms with van der Waals surface area (Å²) in [7, 11) is 1.49. The van der Waals surface area contributed by atoms with Crippen LogP contribution in [0.25, 0.3) is 6.08 Å². The van der Waals surface area contributed by atoms with Gasteiger partial charge in [-0.2, -0.15) is 13.2 Å². The number of halogens is 3. The number of ether oxygens (including phenoxy) is 2. The van der Waals surface area contributed by atoms with Crippen molar-refractivity contribution >= 4 is 18.0 Å². The van der Waals surface area contributed by atoms with Crippen molar-refractivity contribution in [2.75, 3.05) is 20.3 Å². The fraction of sp³-hybridized carbons (Fsp3) is 0.375. The molecule has 0 radical (unpaired) electrons. The second-order valence-corrected chi connectivity index (χ2v) is 4.82. The lowest BCUT2D eigenvalue weighted by Gasteiger charge is -2.11. The molecule has 0 aliphatic heterocycles. The lowest BCUT2D eigenvalue weighted by Crippen LogP contribution is -2.37. The highest BCUT2D eigenvalue weighted by atomic mass is 19.4. The molecule has 0 aliphatic rings. The first-order valence-corrected chi connectivity index (χ1v) is 7.06. The van der Waals surface area contributed by atoms with Crippen LogP contribution in [0.4, 0.5) is 13.2 Å². The minimum Gasteiger partial charge on any atom is -0.449 e. The number of nitrogens with one attached hydrogen (secondary N) is 1. The third kappa shape index (κ3) is 6.82. The van der Waals surface area contributed by atoms with Gasteiger partial charge in [0.2, 0.25) is 0 Å². The van der Waals surface area contributed by atoms with Crippen LogP contribution in [0, 0.1) is 0 Å². The van der Waals surface area contributed by atoms with Crippen LogP contribution in [0.2, 0.25) is 0 Å². The summed E-state index contributed by atoms with van der Waals surface area (Å²) in [5.74, 6) is -1.24. The molecule has 0 aromatic heterocycles. The van der Waals surface area contributed by atoms with E-state index in [0.717, 1.165) is 18.2 Å². The monoisotopic (exact) mass is 345 g/mol. The number of hydrogen-bond donors (Lipinski definition) is 1. The first-order valence-electron chi connectivity index (χ1n) is 7.06. The molecule has 5 nitrogen and oxygen atoms in total. The molecule has 8 heteroatoms. The zero-order chi connectivity index (χ0) is 18.2. The molecule has 0 heterocycles. The van der Waals surface area contributed by atoms with E-state index in [0.29, 0.717) is 18.7 Å². The maximum absolute atomic E-state index is 12.4. The molecule has 132 valence electrons. The average Bonchev–Trinajstić information content (AvgIpc) is 2.52. The first kappa shape index (κ1) is 19.7. The molecule has 1 aromatic carbocycles. The van der Waals surface area contributed by atoms with Gasteiger partial charge >= 0.3 is 12.1 Å². The molecule has 0 aliphatic carbocycles. The van der Waals surface area contributed by atoms with Crippen molar-refractivity contribution in [1.29, 1.82) is 0 Å². The SMILES string of the molecule is COCCNC(=O)[C@H](C)OC(=O)/C=C/c1ccc(C(F)(F)F)cc1. The number of hydrogen-bond acceptors (Lipinski definition) is 4. The molecule has 0 bridgehead atoms. The highest BCUT2D eigenvalue weighted by Crippen LogP contribution is 2.29. The Labute approximate surface area is 137 Å². The van der Waals surface area contributed by atoms with Crippen LogP contribution in [-0.4, -0.2) is 38.2 Å². The topological polar surface area (TPSA) is 64.6 Å². The van der Waals surface area contributed by atoms with Crippen molar-refractivity contribution in [1.82, 2.24) is 5.32 Å². The van der Waals surface area contributed by atoms with Crippen LogP contribution in [0.1, 0.15) is 18.1 Å². The maximum Gasteiger partial charge on any atom is 0.416 e. The van der Waals surface area contributed by atoms with Crippen LogP contribution in [0.15, 0.2) is 30.3 Å². The molecule has 1 N–H and O–H groups in total. The van der Waals surface area contributed by atoms with E-state index in [9.17, 15) is 22.8 Å². The number of carbonyl (C=O) groups is 2. The highest BCUT2D eigenvalue weighted by molar-refractivity contribution is 5.90. The summed E-state index contributed by atoms with van der Waals surface area (Å²) in [5, 5.41) is 2.51. The van der Waals surface area contributed by atoms with Gasteiger partial charge in [0.15, 0.2) is 6.10 Å². The minimum absolute atomic E-state index is 0.290. The van der Waals surface area contributed by atoms with E-state index in [1.54, 1.807) is 0 Å². The summed E-state index contributed by atoms with van der Waals surface area (Å²) in [6.07, 6.45) is -3.06. The van der Waals surface area contributed by atoms with Crippen molar-refractivity contribution in [2.45, 2.75) is 19.2 Å². The Morgan fingerprint density at radius 2 is 1.88 bits per heavy atom. The van der Waals surface area contributed by atoms with Crippen LogP contribution < -0.4 is 5.32 Å². The highest BCUT2D eigenvalue weighted by Gasteiger charge is 2.29. The number of benzene rings is 1. The first-order chi connectivity index (χ1) is 11.2. The molecule has 1 aromatic rings. The Morgan fingerprint density at radius 3 is 2.42 bits per heavy atom. The molecule has 0 fully saturated rings. The second-order valence-electron chi connectivity index (χ2n) is 4.82. The second kappa shape index (κ2) is 9.07. The zero-order valence-corrected chi connectivity index (χ0v) is 13.2. The molecule has 1 atom stereocenters. The Hall–Kier alpha value is -2.35. The van der Waals surface area contributed by atoms with Crippen LogP contribution in [0.3, 0.4) is 0 Å². The van der Waals surface area contributed by atoms with E-state index < -0.39 is 29.7 Å². The van der Waals surface area contributed by atoms with Crippen molar-refractivity contribution in [2.24, 2.45) is 0 Å². The Morgan fingerprint density at radius 1 is 1.25 bits per heavy atom. The number of carbonyl (C=O) groups excluding carboxylic acids is 2. The summed E-state index contributed by atoms with van der Waals surface area (Å²) in [5.41, 5.74) is -0.374. The van der Waals surface area contributed by atoms with Gasteiger partial charge in [0.25, 0.3) is 5.91 Å². The number of rotatable bonds is 7. The van der Waals surface area contributed by atoms with Gasteiger partial charge in [-0.05, 0) is 30.7 Å². The predicted molar refractivity (Wildman–Crippen MR) is 80.9 cm³/mol. The van der Waals surface area contributed by atoms with Crippen LogP contribution >= 0.6 is 0 Å². The number of alkyl halides is 3. The van der Waals surface area contributed by atoms with Gasteiger partial charge in [0.05, 0.1) is 12.2 Å². The van der Waals surface area contributed by atoms with Crippen LogP contribution in [0.5, 0.6) is 0 Å². The Balaban J connectivity index is 2.52. The van der Waals surface area contributed by atoms with Gasteiger partial charge in [-0.15, -0.1) is 0 Å². The molecular weight excluding hydrogens is 327 g/mol. The Bertz CT molecular complexity index is 582. The largest absolute Gasteiger partial charge is 0.449 e. The molecule has 0 saturated heterocycles. The van der Waals surface area contributed by atoms with E-state index >= 15 is 0 Å². The lowest BCUT2D eigenvalue weighted by atomic mass is 10.1. The average molecular weight is 345 g/mol. The third-order valence-electron chi connectivity index (χ3n) is 2.92. The number of esters is 1. The molecule has 24 heavy (non-hydrogen) atoms. The summed E-state index contributed by atoms with van der Waals surface area (Å²) in [4.78, 5) is 23.2.